The number of halogens is 3. The quantitative estimate of drug-likeness (QED) is 0.832. The summed E-state index contributed by atoms with van der Waals surface area (Å²) in [5.74, 6) is -0.618. The Balaban J connectivity index is 2.34. The Hall–Kier alpha value is -1.49. The van der Waals surface area contributed by atoms with Crippen LogP contribution in [0.25, 0.3) is 0 Å². The number of benzene rings is 1. The van der Waals surface area contributed by atoms with E-state index in [1.165, 1.54) is 6.20 Å². The average molecular weight is 318 g/mol. The molecule has 1 aromatic heterocycles. The number of H-pyrrole nitrogens is 1. The summed E-state index contributed by atoms with van der Waals surface area (Å²) in [5, 5.41) is 3.21. The number of nitrogens with one attached hydrogen (secondary N) is 2. The molecule has 98 valence electrons. The highest BCUT2D eigenvalue weighted by Gasteiger charge is 2.14. The van der Waals surface area contributed by atoms with Gasteiger partial charge in [0.25, 0.3) is 5.91 Å². The van der Waals surface area contributed by atoms with Crippen LogP contribution in [-0.4, -0.2) is 10.9 Å². The van der Waals surface area contributed by atoms with E-state index in [1.54, 1.807) is 18.2 Å². The first-order valence-corrected chi connectivity index (χ1v) is 6.26. The molecule has 0 saturated heterocycles. The molecule has 1 heterocycles. The van der Waals surface area contributed by atoms with Crippen molar-refractivity contribution < 1.29 is 4.79 Å². The normalized spacial score (nSPS) is 10.3. The Morgan fingerprint density at radius 3 is 2.37 bits per heavy atom. The van der Waals surface area contributed by atoms with Gasteiger partial charge in [-0.05, 0) is 12.1 Å². The fourth-order valence-corrected chi connectivity index (χ4v) is 2.07. The van der Waals surface area contributed by atoms with Gasteiger partial charge >= 0.3 is 0 Å². The van der Waals surface area contributed by atoms with E-state index in [2.05, 4.69) is 10.3 Å². The van der Waals surface area contributed by atoms with Crippen LogP contribution in [0.15, 0.2) is 35.3 Å². The van der Waals surface area contributed by atoms with Crippen LogP contribution >= 0.6 is 34.8 Å². The Bertz CT molecular complexity index is 677. The minimum Gasteiger partial charge on any atom is -0.351 e. The van der Waals surface area contributed by atoms with E-state index in [-0.39, 0.29) is 26.4 Å². The van der Waals surface area contributed by atoms with E-state index in [1.807, 2.05) is 0 Å². The second-order valence-electron chi connectivity index (χ2n) is 3.61. The van der Waals surface area contributed by atoms with E-state index in [0.717, 1.165) is 6.07 Å². The highest BCUT2D eigenvalue weighted by Crippen LogP contribution is 2.29. The molecule has 4 nitrogen and oxygen atoms in total. The second-order valence-corrected chi connectivity index (χ2v) is 4.83. The predicted molar refractivity (Wildman–Crippen MR) is 76.5 cm³/mol. The fourth-order valence-electron chi connectivity index (χ4n) is 1.42. The number of aromatic nitrogens is 1. The van der Waals surface area contributed by atoms with E-state index in [9.17, 15) is 9.59 Å². The lowest BCUT2D eigenvalue weighted by atomic mass is 10.2. The predicted octanol–water partition coefficient (Wildman–Crippen LogP) is 3.59. The molecule has 19 heavy (non-hydrogen) atoms. The molecule has 2 aromatic rings. The number of carbonyl (C=O) groups is 1. The smallest absolute Gasteiger partial charge is 0.261 e. The van der Waals surface area contributed by atoms with Crippen LogP contribution in [0.2, 0.25) is 15.2 Å². The maximum atomic E-state index is 12.0. The monoisotopic (exact) mass is 316 g/mol. The van der Waals surface area contributed by atoms with Gasteiger partial charge in [0, 0.05) is 12.3 Å². The molecule has 1 amide bonds. The van der Waals surface area contributed by atoms with Crippen LogP contribution in [0.5, 0.6) is 0 Å². The van der Waals surface area contributed by atoms with Crippen LogP contribution in [0.4, 0.5) is 5.69 Å². The molecule has 2 rings (SSSR count). The number of hydrogen-bond donors (Lipinski definition) is 2. The van der Waals surface area contributed by atoms with Crippen LogP contribution in [0.3, 0.4) is 0 Å². The van der Waals surface area contributed by atoms with Crippen molar-refractivity contribution in [3.05, 3.63) is 61.4 Å². The summed E-state index contributed by atoms with van der Waals surface area (Å²) in [5.41, 5.74) is -0.324. The first-order chi connectivity index (χ1) is 8.99. The van der Waals surface area contributed by atoms with Gasteiger partial charge in [0.2, 0.25) is 0 Å². The first-order valence-electron chi connectivity index (χ1n) is 5.12. The maximum absolute atomic E-state index is 12.0. The molecule has 0 saturated carbocycles. The average Bonchev–Trinajstić information content (AvgIpc) is 2.33. The lowest BCUT2D eigenvalue weighted by molar-refractivity contribution is 0.102. The number of para-hydroxylation sites is 1. The van der Waals surface area contributed by atoms with Crippen molar-refractivity contribution in [1.82, 2.24) is 4.98 Å². The number of anilines is 1. The van der Waals surface area contributed by atoms with Crippen molar-refractivity contribution >= 4 is 46.4 Å². The zero-order valence-corrected chi connectivity index (χ0v) is 11.6. The maximum Gasteiger partial charge on any atom is 0.261 e. The van der Waals surface area contributed by atoms with Gasteiger partial charge in [0.05, 0.1) is 15.7 Å². The number of amides is 1. The number of hydrogen-bond acceptors (Lipinski definition) is 2. The third-order valence-electron chi connectivity index (χ3n) is 2.32. The Kier molecular flexibility index (Phi) is 4.14. The molecule has 0 aliphatic carbocycles. The molecular formula is C12H7Cl3N2O2. The molecule has 1 aromatic carbocycles. The standard InChI is InChI=1S/C12H7Cl3N2O2/c13-7-2-1-3-8(14)11(7)17-12(19)6-5-16-10(15)4-9(6)18/h1-5H,(H,16,18)(H,17,19). The molecule has 0 fully saturated rings. The minimum absolute atomic E-state index is 0.0830. The Labute approximate surface area is 123 Å². The van der Waals surface area contributed by atoms with E-state index >= 15 is 0 Å². The summed E-state index contributed by atoms with van der Waals surface area (Å²) in [7, 11) is 0. The summed E-state index contributed by atoms with van der Waals surface area (Å²) in [6, 6.07) is 5.92. The largest absolute Gasteiger partial charge is 0.351 e. The lowest BCUT2D eigenvalue weighted by Crippen LogP contribution is -2.21. The molecule has 2 N–H and O–H groups in total. The highest BCUT2D eigenvalue weighted by molar-refractivity contribution is 6.40. The zero-order chi connectivity index (χ0) is 14.0. The van der Waals surface area contributed by atoms with Crippen molar-refractivity contribution in [2.24, 2.45) is 0 Å². The lowest BCUT2D eigenvalue weighted by Gasteiger charge is -2.08. The third-order valence-corrected chi connectivity index (χ3v) is 3.17. The Morgan fingerprint density at radius 1 is 1.16 bits per heavy atom. The van der Waals surface area contributed by atoms with E-state index in [0.29, 0.717) is 0 Å². The van der Waals surface area contributed by atoms with Gasteiger partial charge in [-0.3, -0.25) is 9.59 Å². The van der Waals surface area contributed by atoms with Gasteiger partial charge in [0.15, 0.2) is 5.43 Å². The summed E-state index contributed by atoms with van der Waals surface area (Å²) in [6.45, 7) is 0. The molecule has 0 radical (unpaired) electrons. The van der Waals surface area contributed by atoms with Crippen LogP contribution in [-0.2, 0) is 0 Å². The molecule has 0 aliphatic heterocycles. The summed E-state index contributed by atoms with van der Waals surface area (Å²) in [4.78, 5) is 26.1. The molecule has 0 spiro atoms. The fraction of sp³-hybridized carbons (Fsp3) is 0. The third kappa shape index (κ3) is 3.10. The molecular weight excluding hydrogens is 311 g/mol. The molecule has 0 unspecified atom stereocenters. The zero-order valence-electron chi connectivity index (χ0n) is 9.34. The summed E-state index contributed by atoms with van der Waals surface area (Å²) >= 11 is 17.4. The van der Waals surface area contributed by atoms with E-state index in [4.69, 9.17) is 34.8 Å². The van der Waals surface area contributed by atoms with Crippen LogP contribution in [0, 0.1) is 0 Å². The van der Waals surface area contributed by atoms with Gasteiger partial charge in [0.1, 0.15) is 10.7 Å². The first kappa shape index (κ1) is 13.9. The number of rotatable bonds is 2. The molecule has 0 aliphatic rings. The highest BCUT2D eigenvalue weighted by atomic mass is 35.5. The summed E-state index contributed by atoms with van der Waals surface area (Å²) in [6.07, 6.45) is 1.23. The topological polar surface area (TPSA) is 62.0 Å². The van der Waals surface area contributed by atoms with E-state index < -0.39 is 11.3 Å². The van der Waals surface area contributed by atoms with Crippen LogP contribution in [0.1, 0.15) is 10.4 Å². The van der Waals surface area contributed by atoms with Crippen molar-refractivity contribution in [1.29, 1.82) is 0 Å². The molecule has 0 bridgehead atoms. The van der Waals surface area contributed by atoms with Crippen molar-refractivity contribution in [2.75, 3.05) is 5.32 Å². The van der Waals surface area contributed by atoms with Crippen molar-refractivity contribution in [2.45, 2.75) is 0 Å². The number of aromatic amines is 1. The van der Waals surface area contributed by atoms with Crippen LogP contribution < -0.4 is 10.7 Å². The van der Waals surface area contributed by atoms with Gasteiger partial charge in [-0.15, -0.1) is 0 Å². The van der Waals surface area contributed by atoms with Crippen molar-refractivity contribution in [3.8, 4) is 0 Å². The SMILES string of the molecule is O=C(Nc1c(Cl)cccc1Cl)c1c[nH]c(Cl)cc1=O. The van der Waals surface area contributed by atoms with Gasteiger partial charge in [-0.25, -0.2) is 0 Å². The number of pyridine rings is 1. The second kappa shape index (κ2) is 5.65. The van der Waals surface area contributed by atoms with Gasteiger partial charge in [-0.2, -0.15) is 0 Å². The minimum atomic E-state index is -0.618. The number of carbonyl (C=O) groups excluding carboxylic acids is 1. The molecule has 7 heteroatoms. The van der Waals surface area contributed by atoms with Crippen molar-refractivity contribution in [3.63, 3.8) is 0 Å². The van der Waals surface area contributed by atoms with Gasteiger partial charge in [-0.1, -0.05) is 40.9 Å². The summed E-state index contributed by atoms with van der Waals surface area (Å²) < 4.78 is 0. The Morgan fingerprint density at radius 2 is 1.79 bits per heavy atom. The molecule has 0 atom stereocenters. The van der Waals surface area contributed by atoms with Gasteiger partial charge < -0.3 is 10.3 Å².